The van der Waals surface area contributed by atoms with Crippen molar-refractivity contribution in [2.75, 3.05) is 0 Å². The maximum atomic E-state index is 9.81. The molecule has 0 spiro atoms. The Bertz CT molecular complexity index is 87.5. The summed E-state index contributed by atoms with van der Waals surface area (Å²) in [6.07, 6.45) is 0. The first kappa shape index (κ1) is 10.6. The number of carbonyl (C=O) groups is 2. The van der Waals surface area contributed by atoms with Gasteiger partial charge in [0, 0.05) is 30.9 Å². The van der Waals surface area contributed by atoms with E-state index >= 15 is 0 Å². The minimum absolute atomic E-state index is 0. The van der Waals surface area contributed by atoms with Crippen molar-refractivity contribution >= 4 is 11.9 Å². The fourth-order valence-electron chi connectivity index (χ4n) is 0.202. The molecule has 0 aromatic heterocycles. The molecule has 0 aliphatic rings. The van der Waals surface area contributed by atoms with Crippen molar-refractivity contribution < 1.29 is 31.4 Å². The van der Waals surface area contributed by atoms with Gasteiger partial charge in [0.05, 0.1) is 0 Å². The zero-order valence-electron chi connectivity index (χ0n) is 4.60. The van der Waals surface area contributed by atoms with E-state index in [1.807, 2.05) is 0 Å². The fraction of sp³-hybridized carbons (Fsp3) is 0.500. The molecule has 0 aromatic carbocycles. The SMILES string of the molecule is CC(=O)OC(C)=O.[Mn]. The molecule has 3 nitrogen and oxygen atoms in total. The summed E-state index contributed by atoms with van der Waals surface area (Å²) < 4.78 is 3.97. The third kappa shape index (κ3) is 9.18. The van der Waals surface area contributed by atoms with Gasteiger partial charge >= 0.3 is 11.9 Å². The molecule has 0 saturated heterocycles. The topological polar surface area (TPSA) is 43.4 Å². The number of hydrogen-bond acceptors (Lipinski definition) is 3. The molecule has 0 atom stereocenters. The van der Waals surface area contributed by atoms with Crippen LogP contribution in [0.3, 0.4) is 0 Å². The molecule has 4 heteroatoms. The molecular formula is C4H6MnO3. The molecule has 0 aliphatic heterocycles. The van der Waals surface area contributed by atoms with Crippen molar-refractivity contribution in [1.82, 2.24) is 0 Å². The zero-order chi connectivity index (χ0) is 5.86. The Morgan fingerprint density at radius 3 is 1.38 bits per heavy atom. The summed E-state index contributed by atoms with van der Waals surface area (Å²) in [5, 5.41) is 0. The third-order valence-electron chi connectivity index (χ3n) is 0.287. The molecule has 0 unspecified atom stereocenters. The Morgan fingerprint density at radius 2 is 1.38 bits per heavy atom. The van der Waals surface area contributed by atoms with E-state index in [1.54, 1.807) is 0 Å². The predicted octanol–water partition coefficient (Wildman–Crippen LogP) is 0.0935. The van der Waals surface area contributed by atoms with Crippen LogP contribution in [0.1, 0.15) is 13.8 Å². The second-order valence-electron chi connectivity index (χ2n) is 1.09. The first-order valence-electron chi connectivity index (χ1n) is 1.82. The van der Waals surface area contributed by atoms with Crippen LogP contribution < -0.4 is 0 Å². The molecule has 0 bridgehead atoms. The smallest absolute Gasteiger partial charge is 0.310 e. The van der Waals surface area contributed by atoms with Gasteiger partial charge in [0.2, 0.25) is 0 Å². The summed E-state index contributed by atoms with van der Waals surface area (Å²) >= 11 is 0. The number of rotatable bonds is 0. The summed E-state index contributed by atoms with van der Waals surface area (Å²) in [5.74, 6) is -1.12. The van der Waals surface area contributed by atoms with Crippen LogP contribution in [0.15, 0.2) is 0 Å². The summed E-state index contributed by atoms with van der Waals surface area (Å²) in [4.78, 5) is 19.6. The maximum absolute atomic E-state index is 9.81. The minimum Gasteiger partial charge on any atom is -0.394 e. The van der Waals surface area contributed by atoms with Crippen LogP contribution in [0.4, 0.5) is 0 Å². The number of carbonyl (C=O) groups excluding carboxylic acids is 2. The Kier molecular flexibility index (Phi) is 6.38. The van der Waals surface area contributed by atoms with Crippen molar-refractivity contribution in [2.24, 2.45) is 0 Å². The summed E-state index contributed by atoms with van der Waals surface area (Å²) in [6.45, 7) is 2.36. The molecular weight excluding hydrogens is 151 g/mol. The van der Waals surface area contributed by atoms with Gasteiger partial charge in [-0.15, -0.1) is 0 Å². The van der Waals surface area contributed by atoms with Crippen LogP contribution in [0.2, 0.25) is 0 Å². The minimum atomic E-state index is -0.562. The average Bonchev–Trinajstić information content (AvgIpc) is 1.27. The second kappa shape index (κ2) is 4.81. The molecule has 0 saturated carbocycles. The van der Waals surface area contributed by atoms with E-state index < -0.39 is 11.9 Å². The Morgan fingerprint density at radius 1 is 1.12 bits per heavy atom. The summed E-state index contributed by atoms with van der Waals surface area (Å²) in [5.41, 5.74) is 0. The van der Waals surface area contributed by atoms with Gasteiger partial charge in [-0.1, -0.05) is 0 Å². The van der Waals surface area contributed by atoms with E-state index in [-0.39, 0.29) is 17.1 Å². The largest absolute Gasteiger partial charge is 0.394 e. The molecule has 0 fully saturated rings. The van der Waals surface area contributed by atoms with Gasteiger partial charge in [0.25, 0.3) is 0 Å². The van der Waals surface area contributed by atoms with Gasteiger partial charge in [-0.25, -0.2) is 0 Å². The monoisotopic (exact) mass is 157 g/mol. The van der Waals surface area contributed by atoms with Crippen LogP contribution in [-0.4, -0.2) is 11.9 Å². The average molecular weight is 157 g/mol. The van der Waals surface area contributed by atoms with Crippen molar-refractivity contribution in [3.8, 4) is 0 Å². The first-order chi connectivity index (χ1) is 3.13. The second-order valence-corrected chi connectivity index (χ2v) is 1.09. The zero-order valence-corrected chi connectivity index (χ0v) is 5.78. The molecule has 47 valence electrons. The van der Waals surface area contributed by atoms with Crippen LogP contribution in [0, 0.1) is 0 Å². The van der Waals surface area contributed by atoms with Gasteiger partial charge in [0.15, 0.2) is 0 Å². The van der Waals surface area contributed by atoms with Crippen molar-refractivity contribution in [2.45, 2.75) is 13.8 Å². The number of ether oxygens (including phenoxy) is 1. The predicted molar refractivity (Wildman–Crippen MR) is 22.4 cm³/mol. The van der Waals surface area contributed by atoms with Gasteiger partial charge in [-0.05, 0) is 0 Å². The van der Waals surface area contributed by atoms with Crippen LogP contribution in [0.25, 0.3) is 0 Å². The molecule has 0 amide bonds. The molecule has 0 N–H and O–H groups in total. The third-order valence-corrected chi connectivity index (χ3v) is 0.287. The van der Waals surface area contributed by atoms with E-state index in [1.165, 1.54) is 13.8 Å². The van der Waals surface area contributed by atoms with E-state index in [2.05, 4.69) is 4.74 Å². The van der Waals surface area contributed by atoms with Gasteiger partial charge in [0.1, 0.15) is 0 Å². The molecule has 8 heavy (non-hydrogen) atoms. The quantitative estimate of drug-likeness (QED) is 0.284. The van der Waals surface area contributed by atoms with Crippen molar-refractivity contribution in [3.63, 3.8) is 0 Å². The van der Waals surface area contributed by atoms with Crippen molar-refractivity contribution in [1.29, 1.82) is 0 Å². The van der Waals surface area contributed by atoms with Crippen LogP contribution in [0.5, 0.6) is 0 Å². The normalized spacial score (nSPS) is 6.75. The van der Waals surface area contributed by atoms with E-state index in [0.717, 1.165) is 0 Å². The van der Waals surface area contributed by atoms with Gasteiger partial charge in [-0.2, -0.15) is 0 Å². The van der Waals surface area contributed by atoms with Crippen LogP contribution >= 0.6 is 0 Å². The molecule has 0 aromatic rings. The standard InChI is InChI=1S/C4H6O3.Mn/c1-3(5)7-4(2)6;/h1-2H3;. The Hall–Kier alpha value is -0.341. The summed E-state index contributed by atoms with van der Waals surface area (Å²) in [6, 6.07) is 0. The maximum Gasteiger partial charge on any atom is 0.310 e. The fourth-order valence-corrected chi connectivity index (χ4v) is 0.202. The first-order valence-corrected chi connectivity index (χ1v) is 1.82. The number of esters is 2. The molecule has 0 aliphatic carbocycles. The Balaban J connectivity index is 0. The van der Waals surface area contributed by atoms with E-state index in [9.17, 15) is 9.59 Å². The Labute approximate surface area is 57.9 Å². The van der Waals surface area contributed by atoms with Crippen molar-refractivity contribution in [3.05, 3.63) is 0 Å². The summed E-state index contributed by atoms with van der Waals surface area (Å²) in [7, 11) is 0. The number of hydrogen-bond donors (Lipinski definition) is 0. The van der Waals surface area contributed by atoms with Gasteiger partial charge in [-0.3, -0.25) is 9.59 Å². The molecule has 1 radical (unpaired) electrons. The molecule has 0 rings (SSSR count). The molecule has 0 heterocycles. The van der Waals surface area contributed by atoms with E-state index in [4.69, 9.17) is 0 Å². The van der Waals surface area contributed by atoms with Crippen LogP contribution in [-0.2, 0) is 31.4 Å². The van der Waals surface area contributed by atoms with E-state index in [0.29, 0.717) is 0 Å². The van der Waals surface area contributed by atoms with Gasteiger partial charge < -0.3 is 4.74 Å².